The zero-order valence-electron chi connectivity index (χ0n) is 24.1. The Balaban J connectivity index is 1.18. The number of benzene rings is 2. The molecule has 2 atom stereocenters. The number of likely N-dealkylation sites (tertiary alicyclic amines) is 1. The van der Waals surface area contributed by atoms with E-state index in [-0.39, 0.29) is 0 Å². The number of hydrogen-bond donors (Lipinski definition) is 1. The maximum atomic E-state index is 9.78. The zero-order chi connectivity index (χ0) is 27.9. The maximum Gasteiger partial charge on any atom is 0.175 e. The van der Waals surface area contributed by atoms with Crippen molar-refractivity contribution in [3.05, 3.63) is 58.8 Å². The van der Waals surface area contributed by atoms with E-state index in [1.165, 1.54) is 51.6 Å². The summed E-state index contributed by atoms with van der Waals surface area (Å²) in [5.41, 5.74) is 4.55. The highest BCUT2D eigenvalue weighted by atomic mass is 16.5. The maximum absolute atomic E-state index is 9.78. The molecule has 2 aromatic carbocycles. The lowest BCUT2D eigenvalue weighted by molar-refractivity contribution is 0.0826. The second-order valence-corrected chi connectivity index (χ2v) is 12.2. The zero-order valence-corrected chi connectivity index (χ0v) is 24.1. The highest BCUT2D eigenvalue weighted by Gasteiger charge is 2.28. The molecule has 0 amide bonds. The molecule has 2 fully saturated rings. The molecule has 1 aliphatic heterocycles. The van der Waals surface area contributed by atoms with Crippen LogP contribution in [0.15, 0.2) is 40.9 Å². The molecule has 7 nitrogen and oxygen atoms in total. The summed E-state index contributed by atoms with van der Waals surface area (Å²) in [6.45, 7) is 4.99. The highest BCUT2D eigenvalue weighted by Crippen LogP contribution is 2.34. The van der Waals surface area contributed by atoms with Crippen molar-refractivity contribution < 1.29 is 14.4 Å². The predicted octanol–water partition coefficient (Wildman–Crippen LogP) is 5.78. The normalized spacial score (nSPS) is 20.7. The first-order valence-corrected chi connectivity index (χ1v) is 15.0. The van der Waals surface area contributed by atoms with Gasteiger partial charge in [-0.2, -0.15) is 5.26 Å². The van der Waals surface area contributed by atoms with E-state index in [9.17, 15) is 5.11 Å². The molecule has 1 saturated heterocycles. The van der Waals surface area contributed by atoms with E-state index >= 15 is 0 Å². The molecule has 1 aromatic heterocycles. The first kappa shape index (κ1) is 28.6. The number of hydrogen-bond acceptors (Lipinski definition) is 7. The Labute approximate surface area is 238 Å². The van der Waals surface area contributed by atoms with Crippen LogP contribution in [0.4, 0.5) is 0 Å². The van der Waals surface area contributed by atoms with Gasteiger partial charge in [0.05, 0.1) is 22.9 Å². The molecule has 1 aliphatic carbocycles. The SMILES string of the molecule is CN(C)Cc1c(OCc2ccc(C#N)cc2)ccc2c(CCC3CCN(CC4CCCCC4CO)CC3)noc12. The van der Waals surface area contributed by atoms with Crippen molar-refractivity contribution >= 4 is 11.0 Å². The van der Waals surface area contributed by atoms with Crippen LogP contribution in [0.25, 0.3) is 11.0 Å². The van der Waals surface area contributed by atoms with Crippen molar-refractivity contribution in [2.24, 2.45) is 17.8 Å². The van der Waals surface area contributed by atoms with Gasteiger partial charge in [0.1, 0.15) is 12.4 Å². The van der Waals surface area contributed by atoms with Gasteiger partial charge in [-0.1, -0.05) is 30.1 Å². The van der Waals surface area contributed by atoms with Crippen molar-refractivity contribution in [1.82, 2.24) is 15.0 Å². The molecule has 40 heavy (non-hydrogen) atoms. The summed E-state index contributed by atoms with van der Waals surface area (Å²) in [5.74, 6) is 2.71. The summed E-state index contributed by atoms with van der Waals surface area (Å²) < 4.78 is 12.2. The van der Waals surface area contributed by atoms with Crippen LogP contribution >= 0.6 is 0 Å². The second kappa shape index (κ2) is 13.6. The first-order valence-electron chi connectivity index (χ1n) is 15.0. The van der Waals surface area contributed by atoms with Crippen LogP contribution in [0.3, 0.4) is 0 Å². The van der Waals surface area contributed by atoms with Crippen LogP contribution in [0.5, 0.6) is 5.75 Å². The number of piperidine rings is 1. The fourth-order valence-corrected chi connectivity index (χ4v) is 6.60. The van der Waals surface area contributed by atoms with Gasteiger partial charge >= 0.3 is 0 Å². The molecular formula is C33H44N4O3. The van der Waals surface area contributed by atoms with Gasteiger partial charge in [-0.3, -0.25) is 0 Å². The number of nitriles is 1. The van der Waals surface area contributed by atoms with E-state index < -0.39 is 0 Å². The van der Waals surface area contributed by atoms with E-state index in [1.54, 1.807) is 0 Å². The smallest absolute Gasteiger partial charge is 0.175 e. The van der Waals surface area contributed by atoms with Gasteiger partial charge in [0.25, 0.3) is 0 Å². The van der Waals surface area contributed by atoms with Gasteiger partial charge in [-0.05, 0) is 113 Å². The number of aryl methyl sites for hydroxylation is 1. The molecule has 1 saturated carbocycles. The molecule has 2 unspecified atom stereocenters. The Morgan fingerprint density at radius 3 is 2.50 bits per heavy atom. The largest absolute Gasteiger partial charge is 0.488 e. The molecule has 5 rings (SSSR count). The summed E-state index contributed by atoms with van der Waals surface area (Å²) in [4.78, 5) is 4.77. The Hall–Kier alpha value is -2.92. The molecule has 0 radical (unpaired) electrons. The molecular weight excluding hydrogens is 500 g/mol. The fourth-order valence-electron chi connectivity index (χ4n) is 6.60. The average molecular weight is 545 g/mol. The topological polar surface area (TPSA) is 85.8 Å². The van der Waals surface area contributed by atoms with E-state index in [4.69, 9.17) is 14.5 Å². The summed E-state index contributed by atoms with van der Waals surface area (Å²) in [6, 6.07) is 13.8. The minimum Gasteiger partial charge on any atom is -0.488 e. The van der Waals surface area contributed by atoms with Gasteiger partial charge in [-0.15, -0.1) is 0 Å². The summed E-state index contributed by atoms with van der Waals surface area (Å²) >= 11 is 0. The first-order chi connectivity index (χ1) is 19.5. The van der Waals surface area contributed by atoms with E-state index in [1.807, 2.05) is 38.4 Å². The van der Waals surface area contributed by atoms with Crippen LogP contribution in [0, 0.1) is 29.1 Å². The molecule has 3 aromatic rings. The van der Waals surface area contributed by atoms with Gasteiger partial charge in [0.2, 0.25) is 0 Å². The number of aromatic nitrogens is 1. The average Bonchev–Trinajstić information content (AvgIpc) is 3.40. The number of ether oxygens (including phenoxy) is 1. The molecule has 0 bridgehead atoms. The van der Waals surface area contributed by atoms with E-state index in [2.05, 4.69) is 33.2 Å². The minimum absolute atomic E-state index is 0.355. The monoisotopic (exact) mass is 544 g/mol. The second-order valence-electron chi connectivity index (χ2n) is 12.2. The summed E-state index contributed by atoms with van der Waals surface area (Å²) in [7, 11) is 4.09. The Bertz CT molecular complexity index is 1270. The lowest BCUT2D eigenvalue weighted by Gasteiger charge is -2.38. The third-order valence-electron chi connectivity index (χ3n) is 9.02. The fraction of sp³-hybridized carbons (Fsp3) is 0.576. The molecule has 2 heterocycles. The van der Waals surface area contributed by atoms with Crippen LogP contribution in [-0.2, 0) is 19.6 Å². The number of aliphatic hydroxyl groups is 1. The Morgan fingerprint density at radius 2 is 1.80 bits per heavy atom. The lowest BCUT2D eigenvalue weighted by atomic mass is 9.79. The van der Waals surface area contributed by atoms with Crippen molar-refractivity contribution in [3.63, 3.8) is 0 Å². The molecule has 0 spiro atoms. The van der Waals surface area contributed by atoms with Gasteiger partial charge in [-0.25, -0.2) is 0 Å². The van der Waals surface area contributed by atoms with Crippen LogP contribution < -0.4 is 4.74 Å². The van der Waals surface area contributed by atoms with Gasteiger partial charge < -0.3 is 24.2 Å². The third kappa shape index (κ3) is 7.04. The van der Waals surface area contributed by atoms with Crippen molar-refractivity contribution in [2.45, 2.75) is 64.5 Å². The van der Waals surface area contributed by atoms with Crippen LogP contribution in [-0.4, -0.2) is 60.4 Å². The van der Waals surface area contributed by atoms with E-state index in [0.29, 0.717) is 37.2 Å². The number of aliphatic hydroxyl groups excluding tert-OH is 1. The highest BCUT2D eigenvalue weighted by molar-refractivity contribution is 5.84. The van der Waals surface area contributed by atoms with E-state index in [0.717, 1.165) is 58.8 Å². The van der Waals surface area contributed by atoms with Crippen LogP contribution in [0.2, 0.25) is 0 Å². The van der Waals surface area contributed by atoms with Gasteiger partial charge in [0, 0.05) is 25.1 Å². The summed E-state index contributed by atoms with van der Waals surface area (Å²) in [5, 5.41) is 24.4. The number of rotatable bonds is 11. The molecule has 1 N–H and O–H groups in total. The number of fused-ring (bicyclic) bond motifs is 1. The molecule has 2 aliphatic rings. The molecule has 214 valence electrons. The molecule has 7 heteroatoms. The standard InChI is InChI=1S/C33H44N4O3/c1-36(2)21-30-32(39-23-26-9-7-25(19-34)8-10-26)14-12-29-31(35-40-33(29)30)13-11-24-15-17-37(18-16-24)20-27-5-3-4-6-28(27)22-38/h7-10,12,14,24,27-28,38H,3-6,11,13,15-18,20-23H2,1-2H3. The van der Waals surface area contributed by atoms with Crippen molar-refractivity contribution in [2.75, 3.05) is 40.3 Å². The van der Waals surface area contributed by atoms with Crippen LogP contribution in [0.1, 0.15) is 67.3 Å². The minimum atomic E-state index is 0.355. The summed E-state index contributed by atoms with van der Waals surface area (Å²) in [6.07, 6.45) is 9.63. The lowest BCUT2D eigenvalue weighted by Crippen LogP contribution is -2.40. The predicted molar refractivity (Wildman–Crippen MR) is 157 cm³/mol. The van der Waals surface area contributed by atoms with Crippen molar-refractivity contribution in [1.29, 1.82) is 5.26 Å². The quantitative estimate of drug-likeness (QED) is 0.327. The van der Waals surface area contributed by atoms with Gasteiger partial charge in [0.15, 0.2) is 5.58 Å². The number of nitrogens with zero attached hydrogens (tertiary/aromatic N) is 4. The third-order valence-corrected chi connectivity index (χ3v) is 9.02. The van der Waals surface area contributed by atoms with Crippen molar-refractivity contribution in [3.8, 4) is 11.8 Å². The Kier molecular flexibility index (Phi) is 9.74. The Morgan fingerprint density at radius 1 is 1.05 bits per heavy atom.